The van der Waals surface area contributed by atoms with Crippen LogP contribution < -0.4 is 0 Å². The highest BCUT2D eigenvalue weighted by molar-refractivity contribution is 6.36. The molecule has 0 aliphatic rings. The quantitative estimate of drug-likeness (QED) is 0.771. The zero-order valence-corrected chi connectivity index (χ0v) is 11.6. The van der Waals surface area contributed by atoms with Crippen LogP contribution in [0.15, 0.2) is 30.3 Å². The molecule has 6 heteroatoms. The average Bonchev–Trinajstić information content (AvgIpc) is 2.33. The number of benzene rings is 2. The lowest BCUT2D eigenvalue weighted by Crippen LogP contribution is -2.04. The zero-order chi connectivity index (χ0) is 14.2. The van der Waals surface area contributed by atoms with Crippen LogP contribution in [-0.4, -0.2) is 5.11 Å². The summed E-state index contributed by atoms with van der Waals surface area (Å²) in [5.74, 6) is -2.20. The molecule has 19 heavy (non-hydrogen) atoms. The largest absolute Gasteiger partial charge is 0.383 e. The Morgan fingerprint density at radius 3 is 2.00 bits per heavy atom. The molecule has 0 saturated heterocycles. The van der Waals surface area contributed by atoms with E-state index in [-0.39, 0.29) is 26.2 Å². The van der Waals surface area contributed by atoms with Gasteiger partial charge in [-0.1, -0.05) is 40.9 Å². The molecule has 100 valence electrons. The van der Waals surface area contributed by atoms with Crippen LogP contribution in [0.25, 0.3) is 0 Å². The highest BCUT2D eigenvalue weighted by Crippen LogP contribution is 2.37. The molecule has 0 heterocycles. The van der Waals surface area contributed by atoms with Crippen LogP contribution in [0.1, 0.15) is 17.2 Å². The van der Waals surface area contributed by atoms with Crippen molar-refractivity contribution in [1.82, 2.24) is 0 Å². The number of hydrogen-bond donors (Lipinski definition) is 1. The fraction of sp³-hybridized carbons (Fsp3) is 0.0769. The molecule has 0 saturated carbocycles. The number of aliphatic hydroxyl groups excluding tert-OH is 1. The zero-order valence-electron chi connectivity index (χ0n) is 9.30. The molecule has 2 aromatic rings. The SMILES string of the molecule is OC(c1cc(F)c(F)cc1Cl)c1c(Cl)cccc1Cl. The van der Waals surface area contributed by atoms with Gasteiger partial charge in [-0.2, -0.15) is 0 Å². The van der Waals surface area contributed by atoms with Crippen molar-refractivity contribution in [2.24, 2.45) is 0 Å². The van der Waals surface area contributed by atoms with Gasteiger partial charge in [-0.15, -0.1) is 0 Å². The molecule has 2 rings (SSSR count). The minimum absolute atomic E-state index is 0.00410. The first-order valence-electron chi connectivity index (χ1n) is 5.18. The van der Waals surface area contributed by atoms with Crippen LogP contribution >= 0.6 is 34.8 Å². The molecule has 0 bridgehead atoms. The van der Waals surface area contributed by atoms with Gasteiger partial charge in [0, 0.05) is 26.2 Å². The van der Waals surface area contributed by atoms with Gasteiger partial charge < -0.3 is 5.11 Å². The minimum Gasteiger partial charge on any atom is -0.383 e. The Kier molecular flexibility index (Phi) is 4.31. The molecule has 0 aliphatic heterocycles. The van der Waals surface area contributed by atoms with Crippen LogP contribution in [-0.2, 0) is 0 Å². The van der Waals surface area contributed by atoms with Crippen molar-refractivity contribution in [3.8, 4) is 0 Å². The Morgan fingerprint density at radius 1 is 0.895 bits per heavy atom. The summed E-state index contributed by atoms with van der Waals surface area (Å²) in [6, 6.07) is 6.27. The first-order chi connectivity index (χ1) is 8.91. The van der Waals surface area contributed by atoms with Gasteiger partial charge >= 0.3 is 0 Å². The van der Waals surface area contributed by atoms with Gasteiger partial charge in [0.05, 0.1) is 0 Å². The van der Waals surface area contributed by atoms with Crippen LogP contribution in [0.5, 0.6) is 0 Å². The van der Waals surface area contributed by atoms with Crippen molar-refractivity contribution >= 4 is 34.8 Å². The molecule has 0 fully saturated rings. The predicted octanol–water partition coefficient (Wildman–Crippen LogP) is 5.01. The van der Waals surface area contributed by atoms with Crippen LogP contribution in [0, 0.1) is 11.6 Å². The number of halogens is 5. The maximum absolute atomic E-state index is 13.2. The van der Waals surface area contributed by atoms with Crippen molar-refractivity contribution in [2.75, 3.05) is 0 Å². The standard InChI is InChI=1S/C13H7Cl3F2O/c14-7-2-1-3-8(15)12(7)13(19)6-4-10(17)11(18)5-9(6)16/h1-5,13,19H. The van der Waals surface area contributed by atoms with E-state index in [9.17, 15) is 13.9 Å². The van der Waals surface area contributed by atoms with E-state index >= 15 is 0 Å². The molecule has 0 aromatic heterocycles. The molecule has 1 unspecified atom stereocenters. The number of hydrogen-bond acceptors (Lipinski definition) is 1. The first kappa shape index (κ1) is 14.5. The topological polar surface area (TPSA) is 20.2 Å². The van der Waals surface area contributed by atoms with Gasteiger partial charge in [-0.25, -0.2) is 8.78 Å². The summed E-state index contributed by atoms with van der Waals surface area (Å²) in [5, 5.41) is 10.5. The third-order valence-corrected chi connectivity index (χ3v) is 3.59. The fourth-order valence-corrected chi connectivity index (χ4v) is 2.53. The van der Waals surface area contributed by atoms with Gasteiger partial charge in [0.25, 0.3) is 0 Å². The lowest BCUT2D eigenvalue weighted by Gasteiger charge is -2.16. The maximum atomic E-state index is 13.2. The van der Waals surface area contributed by atoms with E-state index in [0.717, 1.165) is 12.1 Å². The van der Waals surface area contributed by atoms with E-state index in [1.54, 1.807) is 6.07 Å². The molecule has 0 amide bonds. The molecule has 1 N–H and O–H groups in total. The van der Waals surface area contributed by atoms with Gasteiger partial charge in [0.1, 0.15) is 6.10 Å². The van der Waals surface area contributed by atoms with E-state index in [0.29, 0.717) is 0 Å². The second kappa shape index (κ2) is 5.63. The van der Waals surface area contributed by atoms with Crippen molar-refractivity contribution in [3.63, 3.8) is 0 Å². The van der Waals surface area contributed by atoms with Crippen molar-refractivity contribution in [2.45, 2.75) is 6.10 Å². The molecule has 1 atom stereocenters. The Hall–Kier alpha value is -0.870. The highest BCUT2D eigenvalue weighted by Gasteiger charge is 2.21. The lowest BCUT2D eigenvalue weighted by atomic mass is 10.0. The monoisotopic (exact) mass is 322 g/mol. The Labute approximate surface area is 123 Å². The van der Waals surface area contributed by atoms with Gasteiger partial charge in [0.15, 0.2) is 11.6 Å². The van der Waals surface area contributed by atoms with Crippen LogP contribution in [0.3, 0.4) is 0 Å². The third-order valence-electron chi connectivity index (χ3n) is 2.61. The number of rotatable bonds is 2. The Morgan fingerprint density at radius 2 is 1.42 bits per heavy atom. The first-order valence-corrected chi connectivity index (χ1v) is 6.31. The third kappa shape index (κ3) is 2.84. The molecule has 0 radical (unpaired) electrons. The van der Waals surface area contributed by atoms with Gasteiger partial charge in [0.2, 0.25) is 0 Å². The minimum atomic E-state index is -1.34. The molecule has 1 nitrogen and oxygen atoms in total. The summed E-state index contributed by atoms with van der Waals surface area (Å²) in [6.45, 7) is 0. The Bertz CT molecular complexity index is 611. The highest BCUT2D eigenvalue weighted by atomic mass is 35.5. The van der Waals surface area contributed by atoms with E-state index in [1.165, 1.54) is 12.1 Å². The second-order valence-corrected chi connectivity index (χ2v) is 5.05. The normalized spacial score (nSPS) is 12.5. The van der Waals surface area contributed by atoms with Crippen molar-refractivity contribution in [3.05, 3.63) is 68.2 Å². The maximum Gasteiger partial charge on any atom is 0.160 e. The summed E-state index contributed by atoms with van der Waals surface area (Å²) in [7, 11) is 0. The predicted molar refractivity (Wildman–Crippen MR) is 71.9 cm³/mol. The van der Waals surface area contributed by atoms with E-state index in [2.05, 4.69) is 0 Å². The summed E-state index contributed by atoms with van der Waals surface area (Å²) >= 11 is 17.7. The van der Waals surface area contributed by atoms with Gasteiger partial charge in [-0.3, -0.25) is 0 Å². The second-order valence-electron chi connectivity index (χ2n) is 3.83. The Balaban J connectivity index is 2.56. The van der Waals surface area contributed by atoms with Crippen molar-refractivity contribution in [1.29, 1.82) is 0 Å². The molecular weight excluding hydrogens is 316 g/mol. The summed E-state index contributed by atoms with van der Waals surface area (Å²) in [4.78, 5) is 0. The smallest absolute Gasteiger partial charge is 0.160 e. The van der Waals surface area contributed by atoms with Gasteiger partial charge in [-0.05, 0) is 24.3 Å². The van der Waals surface area contributed by atoms with Crippen LogP contribution in [0.2, 0.25) is 15.1 Å². The number of aliphatic hydroxyl groups is 1. The van der Waals surface area contributed by atoms with E-state index in [4.69, 9.17) is 34.8 Å². The molecule has 2 aromatic carbocycles. The summed E-state index contributed by atoms with van der Waals surface area (Å²) in [5.41, 5.74) is 0.189. The van der Waals surface area contributed by atoms with E-state index in [1.807, 2.05) is 0 Å². The molecule has 0 aliphatic carbocycles. The molecular formula is C13H7Cl3F2O. The van der Waals surface area contributed by atoms with Crippen molar-refractivity contribution < 1.29 is 13.9 Å². The average molecular weight is 324 g/mol. The fourth-order valence-electron chi connectivity index (χ4n) is 1.67. The van der Waals surface area contributed by atoms with E-state index < -0.39 is 17.7 Å². The lowest BCUT2D eigenvalue weighted by molar-refractivity contribution is 0.220. The summed E-state index contributed by atoms with van der Waals surface area (Å²) < 4.78 is 26.2. The van der Waals surface area contributed by atoms with Crippen LogP contribution in [0.4, 0.5) is 8.78 Å². The summed E-state index contributed by atoms with van der Waals surface area (Å²) in [6.07, 6.45) is -1.34. The molecule has 0 spiro atoms.